The minimum atomic E-state index is 0.834. The molecule has 4 aromatic heterocycles. The lowest BCUT2D eigenvalue weighted by Crippen LogP contribution is -1.97. The Morgan fingerprint density at radius 2 is 0.769 bits per heavy atom. The molecule has 0 fully saturated rings. The van der Waals surface area contributed by atoms with Gasteiger partial charge in [0.1, 0.15) is 0 Å². The molecule has 4 nitrogen and oxygen atoms in total. The van der Waals surface area contributed by atoms with Gasteiger partial charge in [0.15, 0.2) is 0 Å². The Morgan fingerprint density at radius 1 is 0.288 bits per heavy atom. The van der Waals surface area contributed by atoms with Crippen LogP contribution in [0.4, 0.5) is 0 Å². The largest absolute Gasteiger partial charge is 0.255 e. The maximum absolute atomic E-state index is 5.29. The van der Waals surface area contributed by atoms with Gasteiger partial charge in [-0.25, -0.2) is 9.97 Å². The van der Waals surface area contributed by atoms with Gasteiger partial charge in [-0.2, -0.15) is 0 Å². The molecule has 52 heavy (non-hydrogen) atoms. The summed E-state index contributed by atoms with van der Waals surface area (Å²) in [6, 6.07) is 59.6. The normalized spacial score (nSPS) is 11.5. The molecule has 4 heteroatoms. The molecule has 0 amide bonds. The molecule has 0 aliphatic heterocycles. The molecule has 0 bridgehead atoms. The number of nitrogens with zero attached hydrogens (tertiary/aromatic N) is 4. The number of hydrogen-bond acceptors (Lipinski definition) is 4. The van der Waals surface area contributed by atoms with E-state index < -0.39 is 0 Å². The molecular weight excluding hydrogens is 633 g/mol. The first kappa shape index (κ1) is 29.8. The first-order valence-electron chi connectivity index (χ1n) is 17.5. The molecule has 0 spiro atoms. The Labute approximate surface area is 300 Å². The molecule has 4 heterocycles. The fourth-order valence-corrected chi connectivity index (χ4v) is 7.64. The van der Waals surface area contributed by atoms with Crippen molar-refractivity contribution in [2.75, 3.05) is 0 Å². The fraction of sp³-hybridized carbons (Fsp3) is 0. The quantitative estimate of drug-likeness (QED) is 0.136. The SMILES string of the molecule is c1ccc(-c2cc3ccccc3c3cc4c(-c5cccc(-c6ccccn6)n5)c5ccccc5c(-c5cccc(-c6ccccn6)n5)c4cc23)cc1. The summed E-state index contributed by atoms with van der Waals surface area (Å²) < 4.78 is 0. The van der Waals surface area contributed by atoms with Gasteiger partial charge in [-0.05, 0) is 121 Å². The van der Waals surface area contributed by atoms with Gasteiger partial charge in [0, 0.05) is 23.5 Å². The molecule has 10 rings (SSSR count). The lowest BCUT2D eigenvalue weighted by atomic mass is 9.85. The Hall–Kier alpha value is -7.04. The highest BCUT2D eigenvalue weighted by Gasteiger charge is 2.21. The zero-order valence-corrected chi connectivity index (χ0v) is 28.1. The summed E-state index contributed by atoms with van der Waals surface area (Å²) in [6.07, 6.45) is 3.63. The first-order chi connectivity index (χ1) is 25.8. The predicted octanol–water partition coefficient (Wildman–Crippen LogP) is 12.2. The number of hydrogen-bond donors (Lipinski definition) is 0. The van der Waals surface area contributed by atoms with Crippen LogP contribution >= 0.6 is 0 Å². The summed E-state index contributed by atoms with van der Waals surface area (Å²) in [5, 5.41) is 9.27. The van der Waals surface area contributed by atoms with Crippen LogP contribution < -0.4 is 0 Å². The molecule has 0 saturated carbocycles. The van der Waals surface area contributed by atoms with Crippen LogP contribution in [0.2, 0.25) is 0 Å². The second-order valence-electron chi connectivity index (χ2n) is 13.0. The van der Waals surface area contributed by atoms with Gasteiger partial charge in [-0.15, -0.1) is 0 Å². The zero-order chi connectivity index (χ0) is 34.4. The van der Waals surface area contributed by atoms with Crippen molar-refractivity contribution in [3.8, 4) is 56.4 Å². The Balaban J connectivity index is 1.38. The van der Waals surface area contributed by atoms with E-state index in [-0.39, 0.29) is 0 Å². The molecule has 0 radical (unpaired) electrons. The Morgan fingerprint density at radius 3 is 1.35 bits per heavy atom. The highest BCUT2D eigenvalue weighted by Crippen LogP contribution is 2.47. The smallest absolute Gasteiger partial charge is 0.0893 e. The summed E-state index contributed by atoms with van der Waals surface area (Å²) in [6.45, 7) is 0. The van der Waals surface area contributed by atoms with E-state index in [9.17, 15) is 0 Å². The van der Waals surface area contributed by atoms with E-state index in [1.807, 2.05) is 60.9 Å². The molecule has 0 aliphatic carbocycles. The molecule has 0 N–H and O–H groups in total. The molecule has 6 aromatic carbocycles. The minimum Gasteiger partial charge on any atom is -0.255 e. The van der Waals surface area contributed by atoms with Gasteiger partial charge in [0.25, 0.3) is 0 Å². The lowest BCUT2D eigenvalue weighted by molar-refractivity contribution is 1.25. The molecule has 0 saturated heterocycles. The van der Waals surface area contributed by atoms with Crippen molar-refractivity contribution in [2.45, 2.75) is 0 Å². The summed E-state index contributed by atoms with van der Waals surface area (Å²) >= 11 is 0. The van der Waals surface area contributed by atoms with Gasteiger partial charge in [-0.1, -0.05) is 103 Å². The highest BCUT2D eigenvalue weighted by molar-refractivity contribution is 6.26. The summed E-state index contributed by atoms with van der Waals surface area (Å²) in [5.41, 5.74) is 9.69. The minimum absolute atomic E-state index is 0.834. The van der Waals surface area contributed by atoms with Crippen molar-refractivity contribution in [3.05, 3.63) is 182 Å². The van der Waals surface area contributed by atoms with E-state index in [4.69, 9.17) is 9.97 Å². The lowest BCUT2D eigenvalue weighted by Gasteiger charge is -2.20. The molecule has 0 atom stereocenters. The Kier molecular flexibility index (Phi) is 7.10. The third-order valence-corrected chi connectivity index (χ3v) is 9.95. The number of pyridine rings is 4. The number of aromatic nitrogens is 4. The predicted molar refractivity (Wildman–Crippen MR) is 215 cm³/mol. The molecular formula is C48H30N4. The van der Waals surface area contributed by atoms with E-state index in [0.717, 1.165) is 66.8 Å². The average molecular weight is 663 g/mol. The van der Waals surface area contributed by atoms with Crippen LogP contribution in [-0.2, 0) is 0 Å². The van der Waals surface area contributed by atoms with Gasteiger partial charge >= 0.3 is 0 Å². The van der Waals surface area contributed by atoms with E-state index in [1.165, 1.54) is 32.7 Å². The average Bonchev–Trinajstić information content (AvgIpc) is 3.23. The van der Waals surface area contributed by atoms with Gasteiger partial charge in [0.2, 0.25) is 0 Å². The Bertz CT molecular complexity index is 2940. The van der Waals surface area contributed by atoms with Crippen molar-refractivity contribution < 1.29 is 0 Å². The van der Waals surface area contributed by atoms with Crippen LogP contribution in [0.25, 0.3) is 99.5 Å². The molecule has 0 unspecified atom stereocenters. The monoisotopic (exact) mass is 662 g/mol. The topological polar surface area (TPSA) is 51.6 Å². The van der Waals surface area contributed by atoms with Crippen LogP contribution in [0.3, 0.4) is 0 Å². The van der Waals surface area contributed by atoms with Crippen molar-refractivity contribution in [1.29, 1.82) is 0 Å². The highest BCUT2D eigenvalue weighted by atomic mass is 14.8. The molecule has 0 aliphatic rings. The summed E-state index contributed by atoms with van der Waals surface area (Å²) in [4.78, 5) is 19.9. The first-order valence-corrected chi connectivity index (χ1v) is 17.5. The zero-order valence-electron chi connectivity index (χ0n) is 28.1. The second kappa shape index (κ2) is 12.4. The van der Waals surface area contributed by atoms with Gasteiger partial charge in [-0.3, -0.25) is 9.97 Å². The van der Waals surface area contributed by atoms with Crippen LogP contribution in [0, 0.1) is 0 Å². The van der Waals surface area contributed by atoms with Crippen molar-refractivity contribution in [2.24, 2.45) is 0 Å². The van der Waals surface area contributed by atoms with Crippen molar-refractivity contribution in [3.63, 3.8) is 0 Å². The standard InChI is InChI=1S/C48H30N4/c1-2-14-31(15-3-1)36-28-32-16-4-5-17-33(32)37-29-39-40(30-38(36)37)48(46-25-13-23-44(52-46)42-21-9-11-27-50-42)35-19-7-6-18-34(35)47(39)45-24-12-22-43(51-45)41-20-8-10-26-49-41/h1-30H. The number of benzene rings is 6. The van der Waals surface area contributed by atoms with Gasteiger partial charge < -0.3 is 0 Å². The van der Waals surface area contributed by atoms with Crippen LogP contribution in [0.15, 0.2) is 182 Å². The fourth-order valence-electron chi connectivity index (χ4n) is 7.64. The van der Waals surface area contributed by atoms with Crippen LogP contribution in [0.1, 0.15) is 0 Å². The maximum atomic E-state index is 5.29. The van der Waals surface area contributed by atoms with E-state index in [0.29, 0.717) is 0 Å². The van der Waals surface area contributed by atoms with E-state index in [1.54, 1.807) is 0 Å². The van der Waals surface area contributed by atoms with Crippen LogP contribution in [0.5, 0.6) is 0 Å². The molecule has 10 aromatic rings. The van der Waals surface area contributed by atoms with Crippen LogP contribution in [-0.4, -0.2) is 19.9 Å². The number of rotatable bonds is 5. The third kappa shape index (κ3) is 5.00. The summed E-state index contributed by atoms with van der Waals surface area (Å²) in [5.74, 6) is 0. The second-order valence-corrected chi connectivity index (χ2v) is 13.0. The van der Waals surface area contributed by atoms with Gasteiger partial charge in [0.05, 0.1) is 34.2 Å². The van der Waals surface area contributed by atoms with Crippen molar-refractivity contribution in [1.82, 2.24) is 19.9 Å². The number of fused-ring (bicyclic) bond motifs is 5. The van der Waals surface area contributed by atoms with Crippen molar-refractivity contribution >= 4 is 43.1 Å². The summed E-state index contributed by atoms with van der Waals surface area (Å²) in [7, 11) is 0. The van der Waals surface area contributed by atoms with E-state index >= 15 is 0 Å². The maximum Gasteiger partial charge on any atom is 0.0893 e. The molecule has 242 valence electrons. The third-order valence-electron chi connectivity index (χ3n) is 9.95. The van der Waals surface area contributed by atoms with E-state index in [2.05, 4.69) is 131 Å².